The van der Waals surface area contributed by atoms with Gasteiger partial charge in [-0.2, -0.15) is 5.10 Å². The van der Waals surface area contributed by atoms with Crippen molar-refractivity contribution in [3.63, 3.8) is 0 Å². The lowest BCUT2D eigenvalue weighted by Crippen LogP contribution is -2.08. The van der Waals surface area contributed by atoms with Crippen molar-refractivity contribution in [3.8, 4) is 17.1 Å². The number of aryl methyl sites for hydroxylation is 1. The minimum atomic E-state index is 0.740. The Morgan fingerprint density at radius 3 is 2.96 bits per heavy atom. The highest BCUT2D eigenvalue weighted by atomic mass is 35.5. The molecule has 0 unspecified atom stereocenters. The molecule has 3 aromatic rings. The second-order valence-electron chi connectivity index (χ2n) is 5.88. The normalized spacial score (nSPS) is 14.2. The van der Waals surface area contributed by atoms with E-state index in [0.717, 1.165) is 59.4 Å². The van der Waals surface area contributed by atoms with Gasteiger partial charge >= 0.3 is 0 Å². The van der Waals surface area contributed by atoms with Crippen molar-refractivity contribution in [3.05, 3.63) is 52.7 Å². The molecule has 1 aromatic carbocycles. The molecule has 1 aliphatic rings. The summed E-state index contributed by atoms with van der Waals surface area (Å²) in [6.45, 7) is 3.02. The first kappa shape index (κ1) is 14.4. The molecule has 0 fully saturated rings. The van der Waals surface area contributed by atoms with Crippen LogP contribution in [-0.4, -0.2) is 16.3 Å². The molecule has 0 spiro atoms. The van der Waals surface area contributed by atoms with E-state index in [1.807, 2.05) is 35.0 Å². The highest BCUT2D eigenvalue weighted by molar-refractivity contribution is 6.30. The summed E-state index contributed by atoms with van der Waals surface area (Å²) in [5.74, 6) is 1.88. The molecule has 0 bridgehead atoms. The van der Waals surface area contributed by atoms with Crippen molar-refractivity contribution in [2.45, 2.75) is 26.2 Å². The first-order valence-electron chi connectivity index (χ1n) is 7.90. The molecule has 118 valence electrons. The molecule has 0 aliphatic carbocycles. The minimum absolute atomic E-state index is 0.740. The van der Waals surface area contributed by atoms with Crippen LogP contribution in [0.2, 0.25) is 5.02 Å². The predicted molar refractivity (Wildman–Crippen MR) is 92.4 cm³/mol. The number of benzene rings is 1. The van der Waals surface area contributed by atoms with Gasteiger partial charge in [0.05, 0.1) is 12.0 Å². The van der Waals surface area contributed by atoms with Gasteiger partial charge in [-0.1, -0.05) is 11.6 Å². The minimum Gasteiger partial charge on any atom is -0.463 e. The van der Waals surface area contributed by atoms with Crippen molar-refractivity contribution in [2.75, 3.05) is 11.9 Å². The van der Waals surface area contributed by atoms with Crippen LogP contribution in [0.1, 0.15) is 24.0 Å². The van der Waals surface area contributed by atoms with E-state index in [1.165, 1.54) is 5.56 Å². The van der Waals surface area contributed by atoms with E-state index in [2.05, 4.69) is 12.2 Å². The molecule has 0 radical (unpaired) electrons. The summed E-state index contributed by atoms with van der Waals surface area (Å²) in [4.78, 5) is 0. The van der Waals surface area contributed by atoms with Gasteiger partial charge in [0.25, 0.3) is 0 Å². The van der Waals surface area contributed by atoms with Crippen LogP contribution in [0.5, 0.6) is 0 Å². The number of fused-ring (bicyclic) bond motifs is 1. The van der Waals surface area contributed by atoms with E-state index in [9.17, 15) is 0 Å². The molecule has 2 aromatic heterocycles. The maximum atomic E-state index is 6.10. The summed E-state index contributed by atoms with van der Waals surface area (Å²) < 4.78 is 7.59. The second kappa shape index (κ2) is 5.78. The van der Waals surface area contributed by atoms with Crippen LogP contribution in [0.25, 0.3) is 17.1 Å². The molecule has 1 aliphatic heterocycles. The molecule has 23 heavy (non-hydrogen) atoms. The summed E-state index contributed by atoms with van der Waals surface area (Å²) in [6, 6.07) is 9.75. The number of rotatable bonds is 2. The van der Waals surface area contributed by atoms with Crippen LogP contribution in [0.3, 0.4) is 0 Å². The topological polar surface area (TPSA) is 43.0 Å². The quantitative estimate of drug-likeness (QED) is 0.732. The number of nitrogens with zero attached hydrogens (tertiary/aromatic N) is 2. The number of halogens is 1. The second-order valence-corrected chi connectivity index (χ2v) is 6.32. The third-order valence-electron chi connectivity index (χ3n) is 4.27. The Morgan fingerprint density at radius 2 is 2.17 bits per heavy atom. The van der Waals surface area contributed by atoms with Gasteiger partial charge in [-0.15, -0.1) is 0 Å². The highest BCUT2D eigenvalue weighted by Crippen LogP contribution is 2.35. The van der Waals surface area contributed by atoms with Crippen LogP contribution in [0.15, 0.2) is 41.0 Å². The maximum absolute atomic E-state index is 6.10. The number of aromatic nitrogens is 2. The lowest BCUT2D eigenvalue weighted by atomic mass is 10.1. The molecular weight excluding hydrogens is 310 g/mol. The fourth-order valence-corrected chi connectivity index (χ4v) is 3.37. The van der Waals surface area contributed by atoms with Crippen molar-refractivity contribution in [1.82, 2.24) is 9.78 Å². The standard InChI is InChI=1S/C18H18ClN3O/c1-12-11-13(19)7-8-15(12)22-18-14(5-2-3-9-20-18)17(21-22)16-6-4-10-23-16/h4,6-8,10-11,20H,2-3,5,9H2,1H3. The van der Waals surface area contributed by atoms with Gasteiger partial charge in [-0.25, -0.2) is 4.68 Å². The summed E-state index contributed by atoms with van der Waals surface area (Å²) in [5.41, 5.74) is 4.29. The monoisotopic (exact) mass is 327 g/mol. The smallest absolute Gasteiger partial charge is 0.154 e. The van der Waals surface area contributed by atoms with Gasteiger partial charge in [0.1, 0.15) is 11.5 Å². The molecule has 0 saturated heterocycles. The van der Waals surface area contributed by atoms with Crippen LogP contribution < -0.4 is 5.32 Å². The average molecular weight is 328 g/mol. The third kappa shape index (κ3) is 2.53. The first-order valence-corrected chi connectivity index (χ1v) is 8.28. The van der Waals surface area contributed by atoms with Crippen LogP contribution >= 0.6 is 11.6 Å². The summed E-state index contributed by atoms with van der Waals surface area (Å²) >= 11 is 6.10. The van der Waals surface area contributed by atoms with Crippen LogP contribution in [-0.2, 0) is 6.42 Å². The van der Waals surface area contributed by atoms with Crippen molar-refractivity contribution >= 4 is 17.4 Å². The SMILES string of the molecule is Cc1cc(Cl)ccc1-n1nc(-c2ccco2)c2c1NCCCC2. The molecule has 4 rings (SSSR count). The number of furan rings is 1. The number of nitrogens with one attached hydrogen (secondary N) is 1. The first-order chi connectivity index (χ1) is 11.2. The van der Waals surface area contributed by atoms with Gasteiger partial charge in [0.2, 0.25) is 0 Å². The van der Waals surface area contributed by atoms with Gasteiger partial charge in [0.15, 0.2) is 5.76 Å². The van der Waals surface area contributed by atoms with Gasteiger partial charge in [0, 0.05) is 17.1 Å². The van der Waals surface area contributed by atoms with E-state index in [0.29, 0.717) is 0 Å². The number of hydrogen-bond acceptors (Lipinski definition) is 3. The lowest BCUT2D eigenvalue weighted by Gasteiger charge is -2.11. The summed E-state index contributed by atoms with van der Waals surface area (Å²) in [6.07, 6.45) is 5.01. The van der Waals surface area contributed by atoms with Crippen molar-refractivity contribution in [1.29, 1.82) is 0 Å². The molecule has 1 N–H and O–H groups in total. The largest absolute Gasteiger partial charge is 0.463 e. The molecule has 5 heteroatoms. The van der Waals surface area contributed by atoms with Gasteiger partial charge in [-0.3, -0.25) is 0 Å². The Hall–Kier alpha value is -2.20. The van der Waals surface area contributed by atoms with E-state index >= 15 is 0 Å². The number of hydrogen-bond donors (Lipinski definition) is 1. The molecule has 0 amide bonds. The molecular formula is C18H18ClN3O. The Balaban J connectivity index is 1.93. The Morgan fingerprint density at radius 1 is 1.26 bits per heavy atom. The fourth-order valence-electron chi connectivity index (χ4n) is 3.14. The van der Waals surface area contributed by atoms with Crippen molar-refractivity contribution in [2.24, 2.45) is 0 Å². The average Bonchev–Trinajstić information content (AvgIpc) is 3.10. The van der Waals surface area contributed by atoms with Crippen LogP contribution in [0, 0.1) is 6.92 Å². The Bertz CT molecular complexity index is 836. The van der Waals surface area contributed by atoms with Crippen LogP contribution in [0.4, 0.5) is 5.82 Å². The third-order valence-corrected chi connectivity index (χ3v) is 4.51. The van der Waals surface area contributed by atoms with Crippen molar-refractivity contribution < 1.29 is 4.42 Å². The zero-order valence-electron chi connectivity index (χ0n) is 13.0. The lowest BCUT2D eigenvalue weighted by molar-refractivity contribution is 0.578. The van der Waals surface area contributed by atoms with Gasteiger partial charge < -0.3 is 9.73 Å². The molecule has 0 atom stereocenters. The number of anilines is 1. The van der Waals surface area contributed by atoms with E-state index in [1.54, 1.807) is 6.26 Å². The summed E-state index contributed by atoms with van der Waals surface area (Å²) in [7, 11) is 0. The van der Waals surface area contributed by atoms with E-state index in [4.69, 9.17) is 21.1 Å². The highest BCUT2D eigenvalue weighted by Gasteiger charge is 2.23. The Kier molecular flexibility index (Phi) is 3.62. The zero-order chi connectivity index (χ0) is 15.8. The Labute approximate surface area is 140 Å². The predicted octanol–water partition coefficient (Wildman–Crippen LogP) is 4.84. The van der Waals surface area contributed by atoms with E-state index in [-0.39, 0.29) is 0 Å². The fraction of sp³-hybridized carbons (Fsp3) is 0.278. The van der Waals surface area contributed by atoms with E-state index < -0.39 is 0 Å². The maximum Gasteiger partial charge on any atom is 0.154 e. The molecule has 0 saturated carbocycles. The van der Waals surface area contributed by atoms with Gasteiger partial charge in [-0.05, 0) is 62.1 Å². The molecule has 3 heterocycles. The molecule has 4 nitrogen and oxygen atoms in total. The zero-order valence-corrected chi connectivity index (χ0v) is 13.7. The summed E-state index contributed by atoms with van der Waals surface area (Å²) in [5, 5.41) is 9.14.